The second kappa shape index (κ2) is 13.2. The van der Waals surface area contributed by atoms with Crippen LogP contribution in [-0.2, 0) is 19.6 Å². The van der Waals surface area contributed by atoms with Crippen molar-refractivity contribution in [2.45, 2.75) is 31.8 Å². The molecule has 0 bridgehead atoms. The molecule has 3 aromatic rings. The lowest BCUT2D eigenvalue weighted by Gasteiger charge is -2.37. The highest BCUT2D eigenvalue weighted by Crippen LogP contribution is 2.30. The van der Waals surface area contributed by atoms with Crippen molar-refractivity contribution in [3.63, 3.8) is 0 Å². The minimum Gasteiger partial charge on any atom is -0.495 e. The number of piperazine rings is 1. The number of carbonyl (C=O) groups is 2. The molecule has 224 valence electrons. The van der Waals surface area contributed by atoms with E-state index in [1.807, 2.05) is 24.3 Å². The molecule has 1 amide bonds. The van der Waals surface area contributed by atoms with Gasteiger partial charge in [-0.15, -0.1) is 0 Å². The Morgan fingerprint density at radius 2 is 1.64 bits per heavy atom. The molecule has 1 atom stereocenters. The highest BCUT2D eigenvalue weighted by atomic mass is 32.2. The summed E-state index contributed by atoms with van der Waals surface area (Å²) in [7, 11) is -0.893. The summed E-state index contributed by atoms with van der Waals surface area (Å²) in [6.07, 6.45) is -0.801. The van der Waals surface area contributed by atoms with Crippen molar-refractivity contribution >= 4 is 33.3 Å². The highest BCUT2D eigenvalue weighted by Gasteiger charge is 2.28. The zero-order valence-corrected chi connectivity index (χ0v) is 25.4. The molecule has 0 N–H and O–H groups in total. The van der Waals surface area contributed by atoms with Crippen LogP contribution in [0.25, 0.3) is 0 Å². The Bertz CT molecular complexity index is 1520. The summed E-state index contributed by atoms with van der Waals surface area (Å²) >= 11 is 0. The van der Waals surface area contributed by atoms with Gasteiger partial charge in [-0.1, -0.05) is 18.2 Å². The number of aryl methyl sites for hydroxylation is 1. The Hall–Kier alpha value is -4.25. The molecule has 1 aliphatic heterocycles. The van der Waals surface area contributed by atoms with Gasteiger partial charge in [-0.25, -0.2) is 13.2 Å². The molecule has 3 aromatic carbocycles. The first kappa shape index (κ1) is 30.7. The van der Waals surface area contributed by atoms with Crippen molar-refractivity contribution < 1.29 is 32.2 Å². The third kappa shape index (κ3) is 6.62. The number of para-hydroxylation sites is 2. The molecular weight excluding hydrogens is 558 g/mol. The van der Waals surface area contributed by atoms with Gasteiger partial charge in [0, 0.05) is 38.8 Å². The van der Waals surface area contributed by atoms with Gasteiger partial charge in [0.15, 0.2) is 6.10 Å². The molecule has 0 radical (unpaired) electrons. The zero-order valence-electron chi connectivity index (χ0n) is 24.6. The van der Waals surface area contributed by atoms with Gasteiger partial charge >= 0.3 is 5.97 Å². The summed E-state index contributed by atoms with van der Waals surface area (Å²) in [6.45, 7) is 7.60. The smallest absolute Gasteiger partial charge is 0.347 e. The number of anilines is 2. The van der Waals surface area contributed by atoms with E-state index in [-0.39, 0.29) is 17.4 Å². The normalized spacial score (nSPS) is 14.2. The quantitative estimate of drug-likeness (QED) is 0.323. The number of nitrogens with zero attached hydrogens (tertiary/aromatic N) is 3. The van der Waals surface area contributed by atoms with Crippen molar-refractivity contribution in [2.75, 3.05) is 56.1 Å². The number of ether oxygens (including phenoxy) is 3. The highest BCUT2D eigenvalue weighted by molar-refractivity contribution is 7.92. The van der Waals surface area contributed by atoms with Gasteiger partial charge in [-0.2, -0.15) is 0 Å². The van der Waals surface area contributed by atoms with Gasteiger partial charge in [-0.3, -0.25) is 9.10 Å². The lowest BCUT2D eigenvalue weighted by Crippen LogP contribution is -2.49. The zero-order chi connectivity index (χ0) is 30.4. The fourth-order valence-corrected chi connectivity index (χ4v) is 5.97. The lowest BCUT2D eigenvalue weighted by atomic mass is 10.1. The number of rotatable bonds is 10. The van der Waals surface area contributed by atoms with E-state index in [0.717, 1.165) is 15.7 Å². The van der Waals surface area contributed by atoms with Crippen molar-refractivity contribution in [1.29, 1.82) is 0 Å². The summed E-state index contributed by atoms with van der Waals surface area (Å²) in [5.74, 6) is 0.496. The number of esters is 1. The molecule has 11 heteroatoms. The molecule has 0 spiro atoms. The van der Waals surface area contributed by atoms with Gasteiger partial charge in [0.25, 0.3) is 15.9 Å². The number of sulfonamides is 1. The molecule has 0 aromatic heterocycles. The van der Waals surface area contributed by atoms with Crippen LogP contribution in [0.5, 0.6) is 11.5 Å². The Kier molecular flexibility index (Phi) is 9.62. The van der Waals surface area contributed by atoms with Crippen LogP contribution in [0.15, 0.2) is 71.6 Å². The van der Waals surface area contributed by atoms with Crippen molar-refractivity contribution in [3.8, 4) is 11.5 Å². The first-order valence-corrected chi connectivity index (χ1v) is 15.2. The van der Waals surface area contributed by atoms with E-state index in [1.165, 1.54) is 19.2 Å². The van der Waals surface area contributed by atoms with E-state index in [2.05, 4.69) is 4.90 Å². The van der Waals surface area contributed by atoms with Crippen LogP contribution in [0.4, 0.5) is 11.4 Å². The minimum atomic E-state index is -3.98. The van der Waals surface area contributed by atoms with Crippen molar-refractivity contribution in [3.05, 3.63) is 77.9 Å². The molecule has 0 aliphatic carbocycles. The second-order valence-electron chi connectivity index (χ2n) is 9.91. The topological polar surface area (TPSA) is 106 Å². The Labute approximate surface area is 247 Å². The third-order valence-corrected chi connectivity index (χ3v) is 9.00. The second-order valence-corrected chi connectivity index (χ2v) is 11.9. The number of hydrogen-bond donors (Lipinski definition) is 0. The molecule has 1 saturated heterocycles. The molecule has 1 unspecified atom stereocenters. The van der Waals surface area contributed by atoms with Crippen LogP contribution in [-0.4, -0.2) is 78.2 Å². The maximum absolute atomic E-state index is 13.6. The number of amides is 1. The SMILES string of the molecule is CCOC(=O)C(C)Oc1ccc(N(C)S(=O)(=O)c2ccc(C)c(C(=O)N3CCN(c4ccccc4OC)CC3)c2)cc1. The van der Waals surface area contributed by atoms with Gasteiger partial charge in [0.1, 0.15) is 11.5 Å². The fourth-order valence-electron chi connectivity index (χ4n) is 4.75. The van der Waals surface area contributed by atoms with E-state index in [1.54, 1.807) is 63.1 Å². The Morgan fingerprint density at radius 1 is 0.976 bits per heavy atom. The van der Waals surface area contributed by atoms with Gasteiger partial charge < -0.3 is 24.0 Å². The molecule has 0 saturated carbocycles. The maximum Gasteiger partial charge on any atom is 0.347 e. The number of carbonyl (C=O) groups excluding carboxylic acids is 2. The summed E-state index contributed by atoms with van der Waals surface area (Å²) in [5, 5.41) is 0. The first-order chi connectivity index (χ1) is 20.1. The Morgan fingerprint density at radius 3 is 2.29 bits per heavy atom. The molecule has 1 aliphatic rings. The van der Waals surface area contributed by atoms with Crippen molar-refractivity contribution in [1.82, 2.24) is 4.90 Å². The average Bonchev–Trinajstić information content (AvgIpc) is 3.01. The van der Waals surface area contributed by atoms with Crippen LogP contribution in [0, 0.1) is 6.92 Å². The van der Waals surface area contributed by atoms with E-state index in [4.69, 9.17) is 14.2 Å². The van der Waals surface area contributed by atoms with Gasteiger partial charge in [0.2, 0.25) is 0 Å². The lowest BCUT2D eigenvalue weighted by molar-refractivity contribution is -0.150. The van der Waals surface area contributed by atoms with Gasteiger partial charge in [0.05, 0.1) is 30.0 Å². The Balaban J connectivity index is 1.46. The molecule has 1 heterocycles. The van der Waals surface area contributed by atoms with E-state index in [0.29, 0.717) is 48.7 Å². The van der Waals surface area contributed by atoms with Crippen LogP contribution in [0.2, 0.25) is 0 Å². The minimum absolute atomic E-state index is 0.0165. The molecule has 10 nitrogen and oxygen atoms in total. The predicted octanol–water partition coefficient (Wildman–Crippen LogP) is 4.12. The molecular formula is C31H37N3O7S. The van der Waals surface area contributed by atoms with E-state index >= 15 is 0 Å². The average molecular weight is 596 g/mol. The number of benzene rings is 3. The van der Waals surface area contributed by atoms with Crippen LogP contribution in [0.3, 0.4) is 0 Å². The van der Waals surface area contributed by atoms with Crippen molar-refractivity contribution in [2.24, 2.45) is 0 Å². The monoisotopic (exact) mass is 595 g/mol. The summed E-state index contributed by atoms with van der Waals surface area (Å²) in [4.78, 5) is 29.3. The number of hydrogen-bond acceptors (Lipinski definition) is 8. The predicted molar refractivity (Wildman–Crippen MR) is 161 cm³/mol. The van der Waals surface area contributed by atoms with Crippen LogP contribution < -0.4 is 18.7 Å². The molecule has 1 fully saturated rings. The first-order valence-electron chi connectivity index (χ1n) is 13.8. The third-order valence-electron chi connectivity index (χ3n) is 7.22. The summed E-state index contributed by atoms with van der Waals surface area (Å²) < 4.78 is 44.3. The van der Waals surface area contributed by atoms with Crippen LogP contribution in [0.1, 0.15) is 29.8 Å². The van der Waals surface area contributed by atoms with Crippen LogP contribution >= 0.6 is 0 Å². The largest absolute Gasteiger partial charge is 0.495 e. The maximum atomic E-state index is 13.6. The summed E-state index contributed by atoms with van der Waals surface area (Å²) in [5.41, 5.74) is 2.43. The van der Waals surface area contributed by atoms with E-state index in [9.17, 15) is 18.0 Å². The standard InChI is InChI=1S/C31H37N3O7S/c1-6-40-31(36)23(3)41-25-14-12-24(13-15-25)32(4)42(37,38)26-16-11-22(2)27(21-26)30(35)34-19-17-33(18-20-34)28-9-7-8-10-29(28)39-5/h7-16,21,23H,6,17-20H2,1-5H3. The fraction of sp³-hybridized carbons (Fsp3) is 0.355. The molecule has 4 rings (SSSR count). The summed E-state index contributed by atoms with van der Waals surface area (Å²) in [6, 6.07) is 18.8. The van der Waals surface area contributed by atoms with Gasteiger partial charge in [-0.05, 0) is 74.9 Å². The number of methoxy groups -OCH3 is 1. The van der Waals surface area contributed by atoms with E-state index < -0.39 is 22.1 Å². The molecule has 42 heavy (non-hydrogen) atoms.